The lowest BCUT2D eigenvalue weighted by Crippen LogP contribution is -2.58. The lowest BCUT2D eigenvalue weighted by molar-refractivity contribution is -0.113. The van der Waals surface area contributed by atoms with E-state index in [4.69, 9.17) is 9.47 Å². The number of aromatic hydroxyl groups is 1. The van der Waals surface area contributed by atoms with Crippen LogP contribution in [0.15, 0.2) is 30.3 Å². The van der Waals surface area contributed by atoms with E-state index < -0.39 is 0 Å². The molecule has 2 aromatic carbocycles. The van der Waals surface area contributed by atoms with Gasteiger partial charge in [0.05, 0.1) is 0 Å². The molecule has 0 bridgehead atoms. The van der Waals surface area contributed by atoms with E-state index in [1.165, 1.54) is 53.5 Å². The highest BCUT2D eigenvalue weighted by Gasteiger charge is 2.59. The van der Waals surface area contributed by atoms with Crippen LogP contribution in [0.4, 0.5) is 0 Å². The van der Waals surface area contributed by atoms with Gasteiger partial charge in [0.2, 0.25) is 0 Å². The van der Waals surface area contributed by atoms with Crippen molar-refractivity contribution in [2.45, 2.75) is 143 Å². The molecule has 2 fully saturated rings. The van der Waals surface area contributed by atoms with Crippen molar-refractivity contribution in [1.29, 1.82) is 0 Å². The first-order chi connectivity index (χ1) is 20.5. The number of rotatable bonds is 5. The lowest BCUT2D eigenvalue weighted by atomic mass is 9.48. The van der Waals surface area contributed by atoms with Gasteiger partial charge in [-0.1, -0.05) is 94.2 Å². The van der Waals surface area contributed by atoms with Gasteiger partial charge in [0.25, 0.3) is 0 Å². The van der Waals surface area contributed by atoms with Gasteiger partial charge in [-0.05, 0) is 123 Å². The Labute approximate surface area is 267 Å². The van der Waals surface area contributed by atoms with E-state index in [0.29, 0.717) is 17.6 Å². The second-order valence-corrected chi connectivity index (χ2v) is 17.4. The van der Waals surface area contributed by atoms with E-state index in [1.807, 2.05) is 7.11 Å². The van der Waals surface area contributed by atoms with Gasteiger partial charge in [-0.2, -0.15) is 0 Å². The SMILES string of the molecule is CO[C@@H]1c2cc(C(C)C)c(O)cc2[C@@]2(C)CCCC(C)(C)C2[C@H]1Oc1cc2c(cc1C(C)C)C=CC1C(C)(C)CCC[C@]21C. The van der Waals surface area contributed by atoms with E-state index >= 15 is 0 Å². The van der Waals surface area contributed by atoms with E-state index in [-0.39, 0.29) is 45.7 Å². The molecule has 3 nitrogen and oxygen atoms in total. The molecule has 6 rings (SSSR count). The Morgan fingerprint density at radius 1 is 0.750 bits per heavy atom. The molecule has 0 amide bonds. The Bertz CT molecular complexity index is 1460. The minimum Gasteiger partial charge on any atom is -0.508 e. The Kier molecular flexibility index (Phi) is 7.67. The topological polar surface area (TPSA) is 38.7 Å². The molecule has 0 spiro atoms. The Morgan fingerprint density at radius 3 is 2.02 bits per heavy atom. The maximum atomic E-state index is 11.2. The average Bonchev–Trinajstić information content (AvgIpc) is 2.92. The number of hydrogen-bond acceptors (Lipinski definition) is 3. The zero-order valence-electron chi connectivity index (χ0n) is 29.4. The summed E-state index contributed by atoms with van der Waals surface area (Å²) in [6.45, 7) is 23.6. The van der Waals surface area contributed by atoms with Crippen molar-refractivity contribution < 1.29 is 14.6 Å². The fraction of sp³-hybridized carbons (Fsp3) is 0.659. The van der Waals surface area contributed by atoms with Gasteiger partial charge in [0.1, 0.15) is 23.7 Å². The molecule has 2 unspecified atom stereocenters. The molecule has 2 aromatic rings. The van der Waals surface area contributed by atoms with Gasteiger partial charge >= 0.3 is 0 Å². The summed E-state index contributed by atoms with van der Waals surface area (Å²) >= 11 is 0. The van der Waals surface area contributed by atoms with Gasteiger partial charge in [0, 0.05) is 13.0 Å². The van der Waals surface area contributed by atoms with Gasteiger partial charge in [-0.25, -0.2) is 0 Å². The number of hydrogen-bond donors (Lipinski definition) is 1. The van der Waals surface area contributed by atoms with E-state index in [1.54, 1.807) is 0 Å². The summed E-state index contributed by atoms with van der Waals surface area (Å²) < 4.78 is 14.0. The van der Waals surface area contributed by atoms with Crippen molar-refractivity contribution in [1.82, 2.24) is 0 Å². The lowest BCUT2D eigenvalue weighted by Gasteiger charge is -2.58. The third-order valence-corrected chi connectivity index (χ3v) is 12.9. The summed E-state index contributed by atoms with van der Waals surface area (Å²) in [6.07, 6.45) is 11.7. The number of phenols is 1. The Balaban J connectivity index is 1.54. The summed E-state index contributed by atoms with van der Waals surface area (Å²) in [5.74, 6) is 2.77. The summed E-state index contributed by atoms with van der Waals surface area (Å²) in [5, 5.41) is 11.2. The molecule has 44 heavy (non-hydrogen) atoms. The van der Waals surface area contributed by atoms with Gasteiger partial charge in [0.15, 0.2) is 0 Å². The van der Waals surface area contributed by atoms with E-state index in [9.17, 15) is 5.11 Å². The van der Waals surface area contributed by atoms with Crippen LogP contribution in [0.5, 0.6) is 11.5 Å². The molecule has 0 radical (unpaired) electrons. The highest BCUT2D eigenvalue weighted by atomic mass is 16.5. The normalized spacial score (nSPS) is 33.4. The molecule has 0 aromatic heterocycles. The molecule has 4 aliphatic carbocycles. The highest BCUT2D eigenvalue weighted by molar-refractivity contribution is 5.65. The standard InChI is InChI=1S/C41H58O3/c1-24(2)27-21-29-31(22-32(27)42)41(10)19-13-17-39(7,8)37(41)36(35(29)43-11)44-33-23-30-26(20-28(33)25(3)4)14-15-34-38(5,6)16-12-18-40(30,34)9/h14-15,20-25,34-37,42H,12-13,16-19H2,1-11H3/t34?,35-,36+,37?,40-,41-/m1/s1. The van der Waals surface area contributed by atoms with Crippen LogP contribution in [-0.2, 0) is 15.6 Å². The first-order valence-electron chi connectivity index (χ1n) is 17.5. The third-order valence-electron chi connectivity index (χ3n) is 12.9. The summed E-state index contributed by atoms with van der Waals surface area (Å²) in [5.41, 5.74) is 7.87. The fourth-order valence-corrected chi connectivity index (χ4v) is 10.8. The van der Waals surface area contributed by atoms with Gasteiger partial charge in [-0.15, -0.1) is 0 Å². The summed E-state index contributed by atoms with van der Waals surface area (Å²) in [7, 11) is 1.85. The average molecular weight is 599 g/mol. The van der Waals surface area contributed by atoms with Crippen LogP contribution in [0.3, 0.4) is 0 Å². The second kappa shape index (κ2) is 10.6. The molecule has 6 atom stereocenters. The Hall–Kier alpha value is -2.26. The number of benzene rings is 2. The maximum Gasteiger partial charge on any atom is 0.133 e. The number of allylic oxidation sites excluding steroid dienone is 1. The minimum atomic E-state index is -0.216. The molecule has 3 heteroatoms. The molecular weight excluding hydrogens is 540 g/mol. The number of fused-ring (bicyclic) bond motifs is 6. The zero-order valence-corrected chi connectivity index (χ0v) is 29.4. The molecule has 1 N–H and O–H groups in total. The third kappa shape index (κ3) is 4.69. The van der Waals surface area contributed by atoms with E-state index in [2.05, 4.69) is 106 Å². The van der Waals surface area contributed by atoms with Crippen molar-refractivity contribution in [3.05, 3.63) is 63.7 Å². The van der Waals surface area contributed by atoms with Gasteiger partial charge in [-0.3, -0.25) is 0 Å². The molecule has 0 heterocycles. The number of ether oxygens (including phenoxy) is 2. The molecule has 0 aliphatic heterocycles. The highest BCUT2D eigenvalue weighted by Crippen LogP contribution is 2.62. The van der Waals surface area contributed by atoms with Crippen molar-refractivity contribution in [3.63, 3.8) is 0 Å². The van der Waals surface area contributed by atoms with Crippen LogP contribution in [0, 0.1) is 22.7 Å². The van der Waals surface area contributed by atoms with Crippen molar-refractivity contribution in [2.24, 2.45) is 22.7 Å². The van der Waals surface area contributed by atoms with Crippen LogP contribution in [0.2, 0.25) is 0 Å². The zero-order chi connectivity index (χ0) is 32.0. The maximum absolute atomic E-state index is 11.2. The monoisotopic (exact) mass is 598 g/mol. The second-order valence-electron chi connectivity index (χ2n) is 17.4. The minimum absolute atomic E-state index is 0.0535. The van der Waals surface area contributed by atoms with Crippen LogP contribution in [-0.4, -0.2) is 18.3 Å². The molecule has 240 valence electrons. The number of methoxy groups -OCH3 is 1. The molecule has 4 aliphatic rings. The predicted octanol–water partition coefficient (Wildman–Crippen LogP) is 11.0. The first-order valence-corrected chi connectivity index (χ1v) is 17.5. The largest absolute Gasteiger partial charge is 0.508 e. The smallest absolute Gasteiger partial charge is 0.133 e. The summed E-state index contributed by atoms with van der Waals surface area (Å²) in [6, 6.07) is 9.21. The molecular formula is C41H58O3. The number of phenolic OH excluding ortho intramolecular Hbond substituents is 1. The first kappa shape index (κ1) is 31.7. The van der Waals surface area contributed by atoms with Crippen LogP contribution >= 0.6 is 0 Å². The Morgan fingerprint density at radius 2 is 1.39 bits per heavy atom. The quantitative estimate of drug-likeness (QED) is 0.372. The van der Waals surface area contributed by atoms with Crippen LogP contribution in [0.25, 0.3) is 6.08 Å². The van der Waals surface area contributed by atoms with Gasteiger partial charge < -0.3 is 14.6 Å². The van der Waals surface area contributed by atoms with E-state index in [0.717, 1.165) is 24.2 Å². The summed E-state index contributed by atoms with van der Waals surface area (Å²) in [4.78, 5) is 0. The fourth-order valence-electron chi connectivity index (χ4n) is 10.8. The van der Waals surface area contributed by atoms with Crippen LogP contribution < -0.4 is 4.74 Å². The molecule has 2 saturated carbocycles. The van der Waals surface area contributed by atoms with Crippen LogP contribution in [0.1, 0.15) is 159 Å². The van der Waals surface area contributed by atoms with Crippen molar-refractivity contribution >= 4 is 6.08 Å². The predicted molar refractivity (Wildman–Crippen MR) is 183 cm³/mol. The molecule has 0 saturated heterocycles. The van der Waals surface area contributed by atoms with Crippen molar-refractivity contribution in [2.75, 3.05) is 7.11 Å². The van der Waals surface area contributed by atoms with Crippen molar-refractivity contribution in [3.8, 4) is 11.5 Å².